The van der Waals surface area contributed by atoms with Gasteiger partial charge in [-0.25, -0.2) is 0 Å². The molecule has 0 radical (unpaired) electrons. The van der Waals surface area contributed by atoms with Crippen LogP contribution in [0.1, 0.15) is 23.2 Å². The van der Waals surface area contributed by atoms with Crippen molar-refractivity contribution in [2.75, 3.05) is 4.90 Å². The fourth-order valence-electron chi connectivity index (χ4n) is 2.23. The lowest BCUT2D eigenvalue weighted by atomic mass is 10.1. The summed E-state index contributed by atoms with van der Waals surface area (Å²) in [4.78, 5) is 25.0. The van der Waals surface area contributed by atoms with Crippen LogP contribution in [0, 0.1) is 0 Å². The van der Waals surface area contributed by atoms with E-state index in [9.17, 15) is 9.59 Å². The van der Waals surface area contributed by atoms with Crippen molar-refractivity contribution in [2.24, 2.45) is 0 Å². The first-order valence-electron chi connectivity index (χ1n) is 4.99. The minimum absolute atomic E-state index is 0.0819. The largest absolute Gasteiger partial charge is 0.331 e. The molecular formula is C11H10N2O2. The highest BCUT2D eigenvalue weighted by atomic mass is 16.2. The van der Waals surface area contributed by atoms with Gasteiger partial charge < -0.3 is 5.32 Å². The minimum Gasteiger partial charge on any atom is -0.331 e. The van der Waals surface area contributed by atoms with Gasteiger partial charge in [-0.15, -0.1) is 0 Å². The van der Waals surface area contributed by atoms with Crippen molar-refractivity contribution < 1.29 is 9.59 Å². The van der Waals surface area contributed by atoms with Crippen LogP contribution in [0.2, 0.25) is 0 Å². The molecule has 1 saturated heterocycles. The van der Waals surface area contributed by atoms with Gasteiger partial charge in [-0.2, -0.15) is 0 Å². The van der Waals surface area contributed by atoms with Crippen LogP contribution in [0.3, 0.4) is 0 Å². The molecule has 0 spiro atoms. The number of carbonyl (C=O) groups is 2. The van der Waals surface area contributed by atoms with Crippen LogP contribution < -0.4 is 10.2 Å². The van der Waals surface area contributed by atoms with Crippen LogP contribution in [-0.4, -0.2) is 18.0 Å². The zero-order valence-electron chi connectivity index (χ0n) is 8.06. The maximum Gasteiger partial charge on any atom is 0.255 e. The third-order valence-electron chi connectivity index (χ3n) is 2.92. The molecule has 1 atom stereocenters. The van der Waals surface area contributed by atoms with E-state index in [0.29, 0.717) is 18.4 Å². The van der Waals surface area contributed by atoms with E-state index in [2.05, 4.69) is 5.32 Å². The van der Waals surface area contributed by atoms with Crippen molar-refractivity contribution in [2.45, 2.75) is 19.0 Å². The van der Waals surface area contributed by atoms with Crippen molar-refractivity contribution >= 4 is 17.5 Å². The van der Waals surface area contributed by atoms with Gasteiger partial charge in [0.25, 0.3) is 5.91 Å². The summed E-state index contributed by atoms with van der Waals surface area (Å²) in [5, 5.41) is 2.83. The van der Waals surface area contributed by atoms with E-state index in [4.69, 9.17) is 0 Å². The highest BCUT2D eigenvalue weighted by Gasteiger charge is 2.38. The first-order chi connectivity index (χ1) is 7.27. The fourth-order valence-corrected chi connectivity index (χ4v) is 2.23. The Bertz CT molecular complexity index is 456. The van der Waals surface area contributed by atoms with E-state index in [-0.39, 0.29) is 18.0 Å². The second-order valence-corrected chi connectivity index (χ2v) is 3.81. The van der Waals surface area contributed by atoms with Gasteiger partial charge in [-0.1, -0.05) is 12.1 Å². The lowest BCUT2D eigenvalue weighted by molar-refractivity contribution is -0.117. The Balaban J connectivity index is 2.18. The number of anilines is 1. The molecule has 1 aromatic rings. The lowest BCUT2D eigenvalue weighted by Gasteiger charge is -2.31. The molecule has 0 bridgehead atoms. The number of carbonyl (C=O) groups excluding carboxylic acids is 2. The van der Waals surface area contributed by atoms with Crippen LogP contribution >= 0.6 is 0 Å². The summed E-state index contributed by atoms with van der Waals surface area (Å²) >= 11 is 0. The normalized spacial score (nSPS) is 23.5. The molecule has 2 aliphatic heterocycles. The van der Waals surface area contributed by atoms with Gasteiger partial charge in [0.15, 0.2) is 0 Å². The molecule has 0 aromatic heterocycles. The summed E-state index contributed by atoms with van der Waals surface area (Å²) < 4.78 is 0. The maximum atomic E-state index is 11.7. The molecule has 2 aliphatic rings. The summed E-state index contributed by atoms with van der Waals surface area (Å²) in [7, 11) is 0. The minimum atomic E-state index is -0.139. The topological polar surface area (TPSA) is 49.4 Å². The Morgan fingerprint density at radius 1 is 1.27 bits per heavy atom. The van der Waals surface area contributed by atoms with Gasteiger partial charge >= 0.3 is 0 Å². The van der Waals surface area contributed by atoms with Crippen molar-refractivity contribution in [3.63, 3.8) is 0 Å². The molecule has 1 N–H and O–H groups in total. The molecular weight excluding hydrogens is 192 g/mol. The summed E-state index contributed by atoms with van der Waals surface area (Å²) in [6.07, 6.45) is 1.08. The van der Waals surface area contributed by atoms with Crippen LogP contribution in [-0.2, 0) is 4.79 Å². The average molecular weight is 202 g/mol. The van der Waals surface area contributed by atoms with Gasteiger partial charge in [0.1, 0.15) is 6.17 Å². The fraction of sp³-hybridized carbons (Fsp3) is 0.273. The van der Waals surface area contributed by atoms with Crippen LogP contribution in [0.15, 0.2) is 24.3 Å². The highest BCUT2D eigenvalue weighted by molar-refractivity contribution is 6.09. The van der Waals surface area contributed by atoms with Crippen molar-refractivity contribution in [1.82, 2.24) is 5.32 Å². The van der Waals surface area contributed by atoms with Gasteiger partial charge in [-0.3, -0.25) is 14.5 Å². The predicted molar refractivity (Wildman–Crippen MR) is 54.4 cm³/mol. The second kappa shape index (κ2) is 2.82. The van der Waals surface area contributed by atoms with Gasteiger partial charge in [-0.05, 0) is 18.6 Å². The predicted octanol–water partition coefficient (Wildman–Crippen LogP) is 0.883. The number of nitrogens with zero attached hydrogens (tertiary/aromatic N) is 1. The molecule has 0 aliphatic carbocycles. The first kappa shape index (κ1) is 8.47. The lowest BCUT2D eigenvalue weighted by Crippen LogP contribution is -2.50. The third kappa shape index (κ3) is 1.08. The van der Waals surface area contributed by atoms with Gasteiger partial charge in [0.2, 0.25) is 5.91 Å². The zero-order chi connectivity index (χ0) is 10.4. The summed E-state index contributed by atoms with van der Waals surface area (Å²) in [5.41, 5.74) is 1.33. The standard InChI is InChI=1S/C11H10N2O2/c14-10-6-5-9-12-11(15)7-3-1-2-4-8(7)13(9)10/h1-4,9H,5-6H2,(H,12,15). The zero-order valence-corrected chi connectivity index (χ0v) is 8.06. The Hall–Kier alpha value is -1.84. The Morgan fingerprint density at radius 3 is 2.93 bits per heavy atom. The number of benzene rings is 1. The molecule has 76 valence electrons. The number of hydrogen-bond donors (Lipinski definition) is 1. The monoisotopic (exact) mass is 202 g/mol. The third-order valence-corrected chi connectivity index (χ3v) is 2.92. The molecule has 4 nitrogen and oxygen atoms in total. The number of fused-ring (bicyclic) bond motifs is 3. The number of para-hydroxylation sites is 1. The Morgan fingerprint density at radius 2 is 2.07 bits per heavy atom. The molecule has 2 amide bonds. The number of amides is 2. The van der Waals surface area contributed by atoms with Crippen molar-refractivity contribution in [1.29, 1.82) is 0 Å². The van der Waals surface area contributed by atoms with E-state index in [1.54, 1.807) is 17.0 Å². The van der Waals surface area contributed by atoms with E-state index in [1.807, 2.05) is 12.1 Å². The maximum absolute atomic E-state index is 11.7. The first-order valence-corrected chi connectivity index (χ1v) is 4.99. The molecule has 3 rings (SSSR count). The number of hydrogen-bond acceptors (Lipinski definition) is 2. The number of nitrogens with one attached hydrogen (secondary N) is 1. The average Bonchev–Trinajstić information content (AvgIpc) is 2.61. The van der Waals surface area contributed by atoms with E-state index < -0.39 is 0 Å². The van der Waals surface area contributed by atoms with Gasteiger partial charge in [0, 0.05) is 6.42 Å². The summed E-state index contributed by atoms with van der Waals surface area (Å²) in [5.74, 6) is 0.00833. The van der Waals surface area contributed by atoms with Gasteiger partial charge in [0.05, 0.1) is 11.3 Å². The smallest absolute Gasteiger partial charge is 0.255 e. The van der Waals surface area contributed by atoms with E-state index >= 15 is 0 Å². The quantitative estimate of drug-likeness (QED) is 0.679. The molecule has 4 heteroatoms. The second-order valence-electron chi connectivity index (χ2n) is 3.81. The Labute approximate surface area is 86.9 Å². The van der Waals surface area contributed by atoms with Crippen LogP contribution in [0.25, 0.3) is 0 Å². The van der Waals surface area contributed by atoms with E-state index in [1.165, 1.54) is 0 Å². The summed E-state index contributed by atoms with van der Waals surface area (Å²) in [6.45, 7) is 0. The van der Waals surface area contributed by atoms with E-state index in [0.717, 1.165) is 5.69 Å². The highest BCUT2D eigenvalue weighted by Crippen LogP contribution is 2.31. The molecule has 1 aromatic carbocycles. The Kier molecular flexibility index (Phi) is 1.59. The summed E-state index contributed by atoms with van der Waals surface area (Å²) in [6, 6.07) is 7.22. The number of rotatable bonds is 0. The van der Waals surface area contributed by atoms with Crippen molar-refractivity contribution in [3.8, 4) is 0 Å². The molecule has 2 heterocycles. The molecule has 15 heavy (non-hydrogen) atoms. The molecule has 0 saturated carbocycles. The van der Waals surface area contributed by atoms with Crippen LogP contribution in [0.5, 0.6) is 0 Å². The molecule has 1 fully saturated rings. The molecule has 1 unspecified atom stereocenters. The van der Waals surface area contributed by atoms with Crippen LogP contribution in [0.4, 0.5) is 5.69 Å². The SMILES string of the molecule is O=C1NC2CCC(=O)N2c2ccccc21. The van der Waals surface area contributed by atoms with Crippen molar-refractivity contribution in [3.05, 3.63) is 29.8 Å².